The highest BCUT2D eigenvalue weighted by Gasteiger charge is 2.21. The Kier molecular flexibility index (Phi) is 4.60. The molecule has 0 aliphatic carbocycles. The van der Waals surface area contributed by atoms with Crippen LogP contribution >= 0.6 is 15.9 Å². The number of hydrogen-bond acceptors (Lipinski definition) is 5. The van der Waals surface area contributed by atoms with Gasteiger partial charge in [-0.05, 0) is 28.1 Å². The van der Waals surface area contributed by atoms with Gasteiger partial charge in [0, 0.05) is 12.6 Å². The number of carbonyl (C=O) groups is 1. The summed E-state index contributed by atoms with van der Waals surface area (Å²) in [5, 5.41) is 0. The highest BCUT2D eigenvalue weighted by molar-refractivity contribution is 9.10. The number of carbonyl (C=O) groups excluding carboxylic acids is 1. The summed E-state index contributed by atoms with van der Waals surface area (Å²) in [6.07, 6.45) is 1.54. The van der Waals surface area contributed by atoms with Crippen molar-refractivity contribution in [3.8, 4) is 0 Å². The summed E-state index contributed by atoms with van der Waals surface area (Å²) in [4.78, 5) is 42.7. The Bertz CT molecular complexity index is 1280. The molecule has 3 aromatic heterocycles. The standard InChI is InChI=1S/C19H15BrN4O4/c1-22-16-15(23(18(20)21-16)10-13-8-5-9-28-13)17(26)24(19(22)27)11-14(25)12-6-3-2-4-7-12/h2-9H,10-11H2,1H3. The van der Waals surface area contributed by atoms with Crippen LogP contribution in [-0.4, -0.2) is 24.5 Å². The Morgan fingerprint density at radius 3 is 2.54 bits per heavy atom. The van der Waals surface area contributed by atoms with E-state index in [-0.39, 0.29) is 30.0 Å². The minimum atomic E-state index is -0.600. The normalized spacial score (nSPS) is 11.2. The van der Waals surface area contributed by atoms with E-state index in [2.05, 4.69) is 20.9 Å². The van der Waals surface area contributed by atoms with E-state index < -0.39 is 11.2 Å². The smallest absolute Gasteiger partial charge is 0.332 e. The van der Waals surface area contributed by atoms with Gasteiger partial charge >= 0.3 is 5.69 Å². The number of aromatic nitrogens is 4. The molecule has 0 spiro atoms. The molecular formula is C19H15BrN4O4. The molecule has 0 aliphatic rings. The lowest BCUT2D eigenvalue weighted by atomic mass is 10.1. The molecule has 1 aromatic carbocycles. The average Bonchev–Trinajstić information content (AvgIpc) is 3.33. The second-order valence-electron chi connectivity index (χ2n) is 6.24. The van der Waals surface area contributed by atoms with E-state index in [0.29, 0.717) is 16.1 Å². The number of Topliss-reactive ketones (excluding diaryl/α,β-unsaturated/α-hetero) is 1. The van der Waals surface area contributed by atoms with E-state index in [9.17, 15) is 14.4 Å². The second kappa shape index (κ2) is 7.08. The molecular weight excluding hydrogens is 428 g/mol. The third-order valence-corrected chi connectivity index (χ3v) is 5.08. The molecule has 0 aliphatic heterocycles. The van der Waals surface area contributed by atoms with Gasteiger partial charge in [-0.15, -0.1) is 0 Å². The molecule has 0 saturated carbocycles. The molecule has 8 nitrogen and oxygen atoms in total. The minimum absolute atomic E-state index is 0.214. The Morgan fingerprint density at radius 1 is 1.11 bits per heavy atom. The first-order valence-electron chi connectivity index (χ1n) is 8.43. The zero-order valence-electron chi connectivity index (χ0n) is 14.8. The van der Waals surface area contributed by atoms with Crippen molar-refractivity contribution in [2.24, 2.45) is 7.05 Å². The third kappa shape index (κ3) is 3.03. The quantitative estimate of drug-likeness (QED) is 0.348. The number of fused-ring (bicyclic) bond motifs is 1. The number of benzene rings is 1. The van der Waals surface area contributed by atoms with Crippen LogP contribution in [0.15, 0.2) is 67.5 Å². The van der Waals surface area contributed by atoms with Gasteiger partial charge in [-0.3, -0.25) is 18.7 Å². The molecule has 3 heterocycles. The SMILES string of the molecule is Cn1c(=O)n(CC(=O)c2ccccc2)c(=O)c2c1nc(Br)n2Cc1ccco1. The van der Waals surface area contributed by atoms with Gasteiger partial charge in [-0.1, -0.05) is 30.3 Å². The zero-order chi connectivity index (χ0) is 19.8. The Hall–Kier alpha value is -3.20. The van der Waals surface area contributed by atoms with Crippen LogP contribution in [-0.2, 0) is 20.1 Å². The molecule has 28 heavy (non-hydrogen) atoms. The van der Waals surface area contributed by atoms with Crippen molar-refractivity contribution in [1.82, 2.24) is 18.7 Å². The van der Waals surface area contributed by atoms with Crippen LogP contribution in [0.3, 0.4) is 0 Å². The number of halogens is 1. The van der Waals surface area contributed by atoms with Crippen LogP contribution in [0.1, 0.15) is 16.1 Å². The van der Waals surface area contributed by atoms with E-state index >= 15 is 0 Å². The first kappa shape index (κ1) is 18.2. The van der Waals surface area contributed by atoms with Gasteiger partial charge in [-0.25, -0.2) is 9.78 Å². The van der Waals surface area contributed by atoms with Crippen LogP contribution in [0.4, 0.5) is 0 Å². The number of aryl methyl sites for hydroxylation is 1. The summed E-state index contributed by atoms with van der Waals surface area (Å²) in [5.74, 6) is 0.301. The first-order chi connectivity index (χ1) is 13.5. The fourth-order valence-electron chi connectivity index (χ4n) is 3.05. The van der Waals surface area contributed by atoms with E-state index in [4.69, 9.17) is 4.42 Å². The van der Waals surface area contributed by atoms with Crippen LogP contribution in [0, 0.1) is 0 Å². The molecule has 4 rings (SSSR count). The highest BCUT2D eigenvalue weighted by Crippen LogP contribution is 2.18. The summed E-state index contributed by atoms with van der Waals surface area (Å²) in [5.41, 5.74) is -0.297. The van der Waals surface area contributed by atoms with Gasteiger partial charge in [0.2, 0.25) is 0 Å². The van der Waals surface area contributed by atoms with E-state index in [0.717, 1.165) is 4.57 Å². The highest BCUT2D eigenvalue weighted by atomic mass is 79.9. The van der Waals surface area contributed by atoms with Crippen molar-refractivity contribution in [2.75, 3.05) is 0 Å². The van der Waals surface area contributed by atoms with Gasteiger partial charge < -0.3 is 8.98 Å². The molecule has 0 unspecified atom stereocenters. The molecule has 9 heteroatoms. The fraction of sp³-hybridized carbons (Fsp3) is 0.158. The van der Waals surface area contributed by atoms with Crippen LogP contribution < -0.4 is 11.2 Å². The number of hydrogen-bond donors (Lipinski definition) is 0. The summed E-state index contributed by atoms with van der Waals surface area (Å²) in [6, 6.07) is 12.1. The van der Waals surface area contributed by atoms with Crippen LogP contribution in [0.2, 0.25) is 0 Å². The topological polar surface area (TPSA) is 92.0 Å². The van der Waals surface area contributed by atoms with Crippen molar-refractivity contribution < 1.29 is 9.21 Å². The van der Waals surface area contributed by atoms with E-state index in [1.807, 2.05) is 0 Å². The van der Waals surface area contributed by atoms with Gasteiger partial charge in [-0.2, -0.15) is 0 Å². The summed E-state index contributed by atoms with van der Waals surface area (Å²) in [6.45, 7) is -0.0980. The molecule has 0 radical (unpaired) electrons. The maximum atomic E-state index is 13.1. The monoisotopic (exact) mass is 442 g/mol. The Labute approximate surface area is 166 Å². The molecule has 0 N–H and O–H groups in total. The molecule has 0 bridgehead atoms. The van der Waals surface area contributed by atoms with Gasteiger partial charge in [0.15, 0.2) is 21.7 Å². The molecule has 4 aromatic rings. The maximum Gasteiger partial charge on any atom is 0.332 e. The number of imidazole rings is 1. The van der Waals surface area contributed by atoms with Gasteiger partial charge in [0.25, 0.3) is 5.56 Å². The van der Waals surface area contributed by atoms with Crippen molar-refractivity contribution in [3.05, 3.63) is 85.6 Å². The first-order valence-corrected chi connectivity index (χ1v) is 9.23. The van der Waals surface area contributed by atoms with Crippen LogP contribution in [0.5, 0.6) is 0 Å². The van der Waals surface area contributed by atoms with Crippen molar-refractivity contribution >= 4 is 32.9 Å². The predicted molar refractivity (Wildman–Crippen MR) is 106 cm³/mol. The summed E-state index contributed by atoms with van der Waals surface area (Å²) >= 11 is 3.34. The van der Waals surface area contributed by atoms with E-state index in [1.54, 1.807) is 47.0 Å². The lowest BCUT2D eigenvalue weighted by Crippen LogP contribution is -2.41. The molecule has 0 amide bonds. The number of ketones is 1. The van der Waals surface area contributed by atoms with Crippen molar-refractivity contribution in [3.63, 3.8) is 0 Å². The average molecular weight is 443 g/mol. The molecule has 0 fully saturated rings. The van der Waals surface area contributed by atoms with E-state index in [1.165, 1.54) is 17.9 Å². The van der Waals surface area contributed by atoms with Gasteiger partial charge in [0.1, 0.15) is 5.76 Å². The zero-order valence-corrected chi connectivity index (χ0v) is 16.4. The predicted octanol–water partition coefficient (Wildman–Crippen LogP) is 2.18. The molecule has 142 valence electrons. The number of rotatable bonds is 5. The van der Waals surface area contributed by atoms with Crippen LogP contribution in [0.25, 0.3) is 11.2 Å². The Morgan fingerprint density at radius 2 is 1.86 bits per heavy atom. The number of furan rings is 1. The lowest BCUT2D eigenvalue weighted by molar-refractivity contribution is 0.0969. The third-order valence-electron chi connectivity index (χ3n) is 4.48. The summed E-state index contributed by atoms with van der Waals surface area (Å²) in [7, 11) is 1.52. The maximum absolute atomic E-state index is 13.1. The second-order valence-corrected chi connectivity index (χ2v) is 6.95. The lowest BCUT2D eigenvalue weighted by Gasteiger charge is -2.09. The fourth-order valence-corrected chi connectivity index (χ4v) is 3.52. The Balaban J connectivity index is 1.87. The van der Waals surface area contributed by atoms with Crippen molar-refractivity contribution in [1.29, 1.82) is 0 Å². The van der Waals surface area contributed by atoms with Crippen molar-refractivity contribution in [2.45, 2.75) is 13.1 Å². The largest absolute Gasteiger partial charge is 0.467 e. The molecule has 0 atom stereocenters. The molecule has 0 saturated heterocycles. The van der Waals surface area contributed by atoms with Gasteiger partial charge in [0.05, 0.1) is 19.4 Å². The minimum Gasteiger partial charge on any atom is -0.467 e. The summed E-state index contributed by atoms with van der Waals surface area (Å²) < 4.78 is 9.55. The number of nitrogens with zero attached hydrogens (tertiary/aromatic N) is 4.